The summed E-state index contributed by atoms with van der Waals surface area (Å²) in [6, 6.07) is 6.99. The highest BCUT2D eigenvalue weighted by Gasteiger charge is 2.14. The first-order valence-corrected chi connectivity index (χ1v) is 6.30. The third-order valence-corrected chi connectivity index (χ3v) is 2.82. The van der Waals surface area contributed by atoms with Gasteiger partial charge in [-0.05, 0) is 19.4 Å². The van der Waals surface area contributed by atoms with Crippen LogP contribution in [-0.4, -0.2) is 24.1 Å². The van der Waals surface area contributed by atoms with Crippen molar-refractivity contribution in [1.29, 1.82) is 0 Å². The van der Waals surface area contributed by atoms with Gasteiger partial charge in [-0.1, -0.05) is 36.7 Å². The molecule has 102 valence electrons. The van der Waals surface area contributed by atoms with E-state index in [2.05, 4.69) is 15.8 Å². The third kappa shape index (κ3) is 5.09. The highest BCUT2D eigenvalue weighted by Crippen LogP contribution is 2.11. The molecule has 19 heavy (non-hydrogen) atoms. The first-order chi connectivity index (χ1) is 9.04. The summed E-state index contributed by atoms with van der Waals surface area (Å²) >= 11 is 5.91. The fraction of sp³-hybridized carbons (Fsp3) is 0.308. The van der Waals surface area contributed by atoms with Gasteiger partial charge in [-0.2, -0.15) is 5.10 Å². The van der Waals surface area contributed by atoms with Gasteiger partial charge in [-0.3, -0.25) is 9.59 Å². The van der Waals surface area contributed by atoms with E-state index in [1.807, 2.05) is 13.8 Å². The normalized spacial score (nSPS) is 12.2. The molecule has 5 nitrogen and oxygen atoms in total. The number of hydrogen-bond donors (Lipinski definition) is 2. The van der Waals surface area contributed by atoms with Gasteiger partial charge in [0.1, 0.15) is 0 Å². The predicted octanol–water partition coefficient (Wildman–Crippen LogP) is 1.70. The van der Waals surface area contributed by atoms with E-state index in [1.54, 1.807) is 24.3 Å². The minimum atomic E-state index is -0.802. The molecule has 0 aromatic heterocycles. The second-order valence-corrected chi connectivity index (χ2v) is 4.41. The van der Waals surface area contributed by atoms with Crippen LogP contribution in [0.2, 0.25) is 5.02 Å². The average Bonchev–Trinajstić information content (AvgIpc) is 2.40. The first kappa shape index (κ1) is 15.2. The van der Waals surface area contributed by atoms with Crippen LogP contribution in [0.1, 0.15) is 25.8 Å². The largest absolute Gasteiger partial charge is 0.345 e. The summed E-state index contributed by atoms with van der Waals surface area (Å²) in [6.45, 7) is 3.73. The number of nitrogens with zero attached hydrogens (tertiary/aromatic N) is 1. The van der Waals surface area contributed by atoms with E-state index in [0.29, 0.717) is 10.6 Å². The zero-order chi connectivity index (χ0) is 14.3. The molecule has 0 unspecified atom stereocenters. The summed E-state index contributed by atoms with van der Waals surface area (Å²) in [5.74, 6) is -1.51. The Morgan fingerprint density at radius 3 is 2.68 bits per heavy atom. The first-order valence-electron chi connectivity index (χ1n) is 5.93. The van der Waals surface area contributed by atoms with Gasteiger partial charge in [0.05, 0.1) is 6.21 Å². The molecule has 1 aromatic carbocycles. The lowest BCUT2D eigenvalue weighted by Crippen LogP contribution is -2.41. The van der Waals surface area contributed by atoms with Crippen LogP contribution in [0.25, 0.3) is 0 Å². The van der Waals surface area contributed by atoms with Crippen molar-refractivity contribution in [3.05, 3.63) is 34.9 Å². The van der Waals surface area contributed by atoms with Gasteiger partial charge in [-0.25, -0.2) is 5.43 Å². The van der Waals surface area contributed by atoms with Crippen molar-refractivity contribution in [3.8, 4) is 0 Å². The van der Waals surface area contributed by atoms with Gasteiger partial charge in [0.15, 0.2) is 0 Å². The molecule has 1 atom stereocenters. The number of hydrazone groups is 1. The average molecular weight is 282 g/mol. The minimum Gasteiger partial charge on any atom is -0.345 e. The Hall–Kier alpha value is -1.88. The molecule has 0 bridgehead atoms. The molecular formula is C13H16ClN3O2. The van der Waals surface area contributed by atoms with E-state index in [-0.39, 0.29) is 6.04 Å². The molecule has 0 fully saturated rings. The zero-order valence-electron chi connectivity index (χ0n) is 10.8. The molecule has 2 amide bonds. The van der Waals surface area contributed by atoms with E-state index < -0.39 is 11.8 Å². The van der Waals surface area contributed by atoms with Gasteiger partial charge in [-0.15, -0.1) is 0 Å². The van der Waals surface area contributed by atoms with E-state index in [0.717, 1.165) is 6.42 Å². The lowest BCUT2D eigenvalue weighted by molar-refractivity contribution is -0.139. The highest BCUT2D eigenvalue weighted by atomic mass is 35.5. The summed E-state index contributed by atoms with van der Waals surface area (Å²) in [4.78, 5) is 22.8. The van der Waals surface area contributed by atoms with Crippen molar-refractivity contribution in [3.63, 3.8) is 0 Å². The van der Waals surface area contributed by atoms with Crippen molar-refractivity contribution < 1.29 is 9.59 Å². The van der Waals surface area contributed by atoms with Crippen molar-refractivity contribution in [2.24, 2.45) is 5.10 Å². The Bertz CT molecular complexity index is 489. The smallest absolute Gasteiger partial charge is 0.329 e. The maximum Gasteiger partial charge on any atom is 0.329 e. The summed E-state index contributed by atoms with van der Waals surface area (Å²) in [7, 11) is 0. The summed E-state index contributed by atoms with van der Waals surface area (Å²) in [5, 5.41) is 6.74. The lowest BCUT2D eigenvalue weighted by Gasteiger charge is -2.09. The van der Waals surface area contributed by atoms with Crippen molar-refractivity contribution in [2.75, 3.05) is 0 Å². The SMILES string of the molecule is CC[C@@H](C)NC(=O)C(=O)N/N=C\c1ccccc1Cl. The lowest BCUT2D eigenvalue weighted by atomic mass is 10.2. The summed E-state index contributed by atoms with van der Waals surface area (Å²) < 4.78 is 0. The van der Waals surface area contributed by atoms with Crippen LogP contribution in [0.5, 0.6) is 0 Å². The third-order valence-electron chi connectivity index (χ3n) is 2.47. The Balaban J connectivity index is 2.50. The Morgan fingerprint density at radius 1 is 1.37 bits per heavy atom. The van der Waals surface area contributed by atoms with Crippen LogP contribution in [0.15, 0.2) is 29.4 Å². The summed E-state index contributed by atoms with van der Waals surface area (Å²) in [6.07, 6.45) is 2.14. The van der Waals surface area contributed by atoms with E-state index >= 15 is 0 Å². The molecule has 0 radical (unpaired) electrons. The number of halogens is 1. The molecule has 0 spiro atoms. The fourth-order valence-electron chi connectivity index (χ4n) is 1.18. The predicted molar refractivity (Wildman–Crippen MR) is 75.1 cm³/mol. The van der Waals surface area contributed by atoms with Crippen LogP contribution in [-0.2, 0) is 9.59 Å². The monoisotopic (exact) mass is 281 g/mol. The molecule has 0 aliphatic heterocycles. The van der Waals surface area contributed by atoms with E-state index in [9.17, 15) is 9.59 Å². The molecule has 0 saturated carbocycles. The van der Waals surface area contributed by atoms with Crippen LogP contribution < -0.4 is 10.7 Å². The van der Waals surface area contributed by atoms with Crippen LogP contribution in [0.4, 0.5) is 0 Å². The van der Waals surface area contributed by atoms with Crippen LogP contribution >= 0.6 is 11.6 Å². The molecule has 6 heteroatoms. The maximum atomic E-state index is 11.4. The highest BCUT2D eigenvalue weighted by molar-refractivity contribution is 6.35. The Labute approximate surface area is 117 Å². The second kappa shape index (κ2) is 7.53. The maximum absolute atomic E-state index is 11.4. The molecular weight excluding hydrogens is 266 g/mol. The summed E-state index contributed by atoms with van der Waals surface area (Å²) in [5.41, 5.74) is 2.81. The second-order valence-electron chi connectivity index (χ2n) is 4.00. The molecule has 0 aliphatic rings. The van der Waals surface area contributed by atoms with Gasteiger partial charge in [0, 0.05) is 16.6 Å². The number of rotatable bonds is 4. The topological polar surface area (TPSA) is 70.6 Å². The van der Waals surface area contributed by atoms with Crippen LogP contribution in [0.3, 0.4) is 0 Å². The molecule has 0 heterocycles. The number of carbonyl (C=O) groups is 2. The number of amides is 2. The molecule has 2 N–H and O–H groups in total. The Kier molecular flexibility index (Phi) is 6.02. The van der Waals surface area contributed by atoms with Gasteiger partial charge in [0.25, 0.3) is 0 Å². The van der Waals surface area contributed by atoms with E-state index in [4.69, 9.17) is 11.6 Å². The van der Waals surface area contributed by atoms with Crippen molar-refractivity contribution >= 4 is 29.6 Å². The molecule has 1 aromatic rings. The zero-order valence-corrected chi connectivity index (χ0v) is 11.6. The van der Waals surface area contributed by atoms with Gasteiger partial charge in [0.2, 0.25) is 0 Å². The number of benzene rings is 1. The van der Waals surface area contributed by atoms with Crippen molar-refractivity contribution in [2.45, 2.75) is 26.3 Å². The fourth-order valence-corrected chi connectivity index (χ4v) is 1.37. The quantitative estimate of drug-likeness (QED) is 0.501. The minimum absolute atomic E-state index is 0.0502. The van der Waals surface area contributed by atoms with Gasteiger partial charge < -0.3 is 5.32 Å². The van der Waals surface area contributed by atoms with Crippen molar-refractivity contribution in [1.82, 2.24) is 10.7 Å². The molecule has 0 saturated heterocycles. The van der Waals surface area contributed by atoms with E-state index in [1.165, 1.54) is 6.21 Å². The number of hydrogen-bond acceptors (Lipinski definition) is 3. The standard InChI is InChI=1S/C13H16ClN3O2/c1-3-9(2)16-12(18)13(19)17-15-8-10-6-4-5-7-11(10)14/h4-9H,3H2,1-2H3,(H,16,18)(H,17,19)/b15-8-/t9-/m1/s1. The van der Waals surface area contributed by atoms with Crippen LogP contribution in [0, 0.1) is 0 Å². The number of nitrogens with one attached hydrogen (secondary N) is 2. The Morgan fingerprint density at radius 2 is 2.05 bits per heavy atom. The number of carbonyl (C=O) groups excluding carboxylic acids is 2. The molecule has 0 aliphatic carbocycles. The molecule has 1 rings (SSSR count). The van der Waals surface area contributed by atoms with Gasteiger partial charge >= 0.3 is 11.8 Å².